The Hall–Kier alpha value is -2.25. The highest BCUT2D eigenvalue weighted by molar-refractivity contribution is 5.80. The summed E-state index contributed by atoms with van der Waals surface area (Å²) in [5.41, 5.74) is 1.07. The van der Waals surface area contributed by atoms with Crippen LogP contribution in [0.25, 0.3) is 5.69 Å². The van der Waals surface area contributed by atoms with Crippen molar-refractivity contribution in [3.05, 3.63) is 42.0 Å². The van der Waals surface area contributed by atoms with Gasteiger partial charge in [0.05, 0.1) is 12.6 Å². The van der Waals surface area contributed by atoms with E-state index in [1.165, 1.54) is 12.8 Å². The number of carbonyl (C=O) groups excluding carboxylic acids is 1. The Kier molecular flexibility index (Phi) is 6.58. The predicted octanol–water partition coefficient (Wildman–Crippen LogP) is 1.38. The van der Waals surface area contributed by atoms with Crippen molar-refractivity contribution in [2.45, 2.75) is 38.8 Å². The molecule has 1 aliphatic heterocycles. The topological polar surface area (TPSA) is 75.1 Å². The molecule has 1 aromatic carbocycles. The fourth-order valence-electron chi connectivity index (χ4n) is 3.58. The molecule has 7 nitrogen and oxygen atoms in total. The fraction of sp³-hybridized carbons (Fsp3) is 0.550. The number of carbonyl (C=O) groups is 1. The van der Waals surface area contributed by atoms with Gasteiger partial charge in [-0.1, -0.05) is 18.2 Å². The van der Waals surface area contributed by atoms with Crippen LogP contribution < -0.4 is 10.6 Å². The minimum absolute atomic E-state index is 0.00166. The summed E-state index contributed by atoms with van der Waals surface area (Å²) in [7, 11) is 3.60. The maximum atomic E-state index is 12.0. The van der Waals surface area contributed by atoms with Crippen LogP contribution in [0.3, 0.4) is 0 Å². The SMILES string of the molecule is CNC(=O)[C@@H](C)N(C)Cc1nnc(CC2CCNCC2)n1-c1ccccc1. The summed E-state index contributed by atoms with van der Waals surface area (Å²) >= 11 is 0. The van der Waals surface area contributed by atoms with Crippen molar-refractivity contribution in [1.82, 2.24) is 30.3 Å². The van der Waals surface area contributed by atoms with Gasteiger partial charge in [-0.25, -0.2) is 0 Å². The molecule has 2 heterocycles. The average molecular weight is 371 g/mol. The summed E-state index contributed by atoms with van der Waals surface area (Å²) in [6, 6.07) is 10.0. The van der Waals surface area contributed by atoms with Gasteiger partial charge in [-0.2, -0.15) is 0 Å². The zero-order valence-corrected chi connectivity index (χ0v) is 16.5. The molecule has 2 N–H and O–H groups in total. The minimum atomic E-state index is -0.233. The number of amides is 1. The number of aromatic nitrogens is 3. The molecule has 0 bridgehead atoms. The van der Waals surface area contributed by atoms with E-state index in [9.17, 15) is 4.79 Å². The number of benzene rings is 1. The smallest absolute Gasteiger partial charge is 0.236 e. The van der Waals surface area contributed by atoms with E-state index in [2.05, 4.69) is 37.5 Å². The van der Waals surface area contributed by atoms with Gasteiger partial charge in [-0.15, -0.1) is 10.2 Å². The van der Waals surface area contributed by atoms with Crippen LogP contribution in [0.4, 0.5) is 0 Å². The summed E-state index contributed by atoms with van der Waals surface area (Å²) in [6.07, 6.45) is 3.27. The van der Waals surface area contributed by atoms with Gasteiger partial charge in [-0.3, -0.25) is 14.3 Å². The second kappa shape index (κ2) is 9.10. The first kappa shape index (κ1) is 19.5. The maximum absolute atomic E-state index is 12.0. The molecule has 1 saturated heterocycles. The molecule has 3 rings (SSSR count). The second-order valence-corrected chi connectivity index (χ2v) is 7.31. The number of rotatable bonds is 7. The van der Waals surface area contributed by atoms with Crippen LogP contribution in [0.5, 0.6) is 0 Å². The van der Waals surface area contributed by atoms with Crippen molar-refractivity contribution in [3.63, 3.8) is 0 Å². The van der Waals surface area contributed by atoms with Gasteiger partial charge in [0.2, 0.25) is 5.91 Å². The quantitative estimate of drug-likeness (QED) is 0.770. The number of hydrogen-bond acceptors (Lipinski definition) is 5. The van der Waals surface area contributed by atoms with Gasteiger partial charge in [0.15, 0.2) is 5.82 Å². The van der Waals surface area contributed by atoms with Crippen LogP contribution in [0.1, 0.15) is 31.4 Å². The normalized spacial score (nSPS) is 16.4. The molecule has 1 amide bonds. The predicted molar refractivity (Wildman–Crippen MR) is 106 cm³/mol. The molecule has 0 unspecified atom stereocenters. The van der Waals surface area contributed by atoms with Gasteiger partial charge in [0.25, 0.3) is 0 Å². The molecule has 1 atom stereocenters. The van der Waals surface area contributed by atoms with E-state index in [1.54, 1.807) is 7.05 Å². The molecule has 0 spiro atoms. The Morgan fingerprint density at radius 1 is 1.26 bits per heavy atom. The van der Waals surface area contributed by atoms with Crippen LogP contribution in [0.15, 0.2) is 30.3 Å². The summed E-state index contributed by atoms with van der Waals surface area (Å²) in [5, 5.41) is 15.1. The number of nitrogens with one attached hydrogen (secondary N) is 2. The van der Waals surface area contributed by atoms with E-state index < -0.39 is 0 Å². The van der Waals surface area contributed by atoms with Gasteiger partial charge in [-0.05, 0) is 58.0 Å². The Balaban J connectivity index is 1.86. The van der Waals surface area contributed by atoms with Crippen LogP contribution in [0.2, 0.25) is 0 Å². The monoisotopic (exact) mass is 370 g/mol. The molecule has 0 saturated carbocycles. The first-order valence-corrected chi connectivity index (χ1v) is 9.71. The Morgan fingerprint density at radius 2 is 1.93 bits per heavy atom. The molecular weight excluding hydrogens is 340 g/mol. The highest BCUT2D eigenvalue weighted by atomic mass is 16.2. The number of para-hydroxylation sites is 1. The molecular formula is C20H30N6O. The van der Waals surface area contributed by atoms with Gasteiger partial charge in [0, 0.05) is 19.2 Å². The highest BCUT2D eigenvalue weighted by Crippen LogP contribution is 2.21. The zero-order valence-electron chi connectivity index (χ0n) is 16.5. The molecule has 27 heavy (non-hydrogen) atoms. The molecule has 2 aromatic rings. The van der Waals surface area contributed by atoms with E-state index >= 15 is 0 Å². The van der Waals surface area contributed by atoms with Gasteiger partial charge >= 0.3 is 0 Å². The standard InChI is InChI=1S/C20H30N6O/c1-15(20(27)21-2)25(3)14-19-24-23-18(13-16-9-11-22-12-10-16)26(19)17-7-5-4-6-8-17/h4-8,15-16,22H,9-14H2,1-3H3,(H,21,27)/t15-/m1/s1. The zero-order chi connectivity index (χ0) is 19.2. The molecule has 0 radical (unpaired) electrons. The lowest BCUT2D eigenvalue weighted by Crippen LogP contribution is -2.41. The first-order valence-electron chi connectivity index (χ1n) is 9.71. The molecule has 146 valence electrons. The van der Waals surface area contributed by atoms with E-state index in [1.807, 2.05) is 37.1 Å². The summed E-state index contributed by atoms with van der Waals surface area (Å²) < 4.78 is 2.16. The van der Waals surface area contributed by atoms with Crippen molar-refractivity contribution < 1.29 is 4.79 Å². The van der Waals surface area contributed by atoms with Crippen molar-refractivity contribution in [2.24, 2.45) is 5.92 Å². The van der Waals surface area contributed by atoms with Crippen LogP contribution >= 0.6 is 0 Å². The number of likely N-dealkylation sites (N-methyl/N-ethyl adjacent to an activating group) is 2. The van der Waals surface area contributed by atoms with Crippen molar-refractivity contribution in [3.8, 4) is 5.69 Å². The molecule has 1 fully saturated rings. The van der Waals surface area contributed by atoms with E-state index in [4.69, 9.17) is 0 Å². The average Bonchev–Trinajstić information content (AvgIpc) is 3.10. The van der Waals surface area contributed by atoms with Gasteiger partial charge in [0.1, 0.15) is 5.82 Å². The first-order chi connectivity index (χ1) is 13.1. The highest BCUT2D eigenvalue weighted by Gasteiger charge is 2.23. The Labute approximate surface area is 161 Å². The van der Waals surface area contributed by atoms with Crippen molar-refractivity contribution in [1.29, 1.82) is 0 Å². The Bertz CT molecular complexity index is 738. The van der Waals surface area contributed by atoms with E-state index in [0.29, 0.717) is 12.5 Å². The second-order valence-electron chi connectivity index (χ2n) is 7.31. The number of hydrogen-bond donors (Lipinski definition) is 2. The number of nitrogens with zero attached hydrogens (tertiary/aromatic N) is 4. The number of piperidine rings is 1. The molecule has 0 aliphatic carbocycles. The Morgan fingerprint density at radius 3 is 2.59 bits per heavy atom. The summed E-state index contributed by atoms with van der Waals surface area (Å²) in [4.78, 5) is 14.0. The fourth-order valence-corrected chi connectivity index (χ4v) is 3.58. The van der Waals surface area contributed by atoms with E-state index in [-0.39, 0.29) is 11.9 Å². The summed E-state index contributed by atoms with van der Waals surface area (Å²) in [6.45, 7) is 4.60. The molecule has 1 aliphatic rings. The minimum Gasteiger partial charge on any atom is -0.358 e. The van der Waals surface area contributed by atoms with Gasteiger partial charge < -0.3 is 10.6 Å². The van der Waals surface area contributed by atoms with Crippen LogP contribution in [-0.4, -0.2) is 58.8 Å². The van der Waals surface area contributed by atoms with Crippen molar-refractivity contribution >= 4 is 5.91 Å². The van der Waals surface area contributed by atoms with E-state index in [0.717, 1.165) is 36.8 Å². The lowest BCUT2D eigenvalue weighted by molar-refractivity contribution is -0.125. The summed E-state index contributed by atoms with van der Waals surface area (Å²) in [5.74, 6) is 2.50. The van der Waals surface area contributed by atoms with Crippen LogP contribution in [0, 0.1) is 5.92 Å². The third-order valence-corrected chi connectivity index (χ3v) is 5.42. The third kappa shape index (κ3) is 4.73. The maximum Gasteiger partial charge on any atom is 0.236 e. The lowest BCUT2D eigenvalue weighted by atomic mass is 9.94. The molecule has 1 aromatic heterocycles. The lowest BCUT2D eigenvalue weighted by Gasteiger charge is -2.24. The van der Waals surface area contributed by atoms with Crippen LogP contribution in [-0.2, 0) is 17.8 Å². The third-order valence-electron chi connectivity index (χ3n) is 5.42. The van der Waals surface area contributed by atoms with Crippen molar-refractivity contribution in [2.75, 3.05) is 27.2 Å². The largest absolute Gasteiger partial charge is 0.358 e. The molecule has 7 heteroatoms.